The van der Waals surface area contributed by atoms with Crippen LogP contribution in [-0.2, 0) is 10.0 Å². The molecule has 0 saturated carbocycles. The number of nitrogens with zero attached hydrogens (tertiary/aromatic N) is 1. The molecule has 7 heteroatoms. The minimum Gasteiger partial charge on any atom is -0.265 e. The molecule has 0 spiro atoms. The van der Waals surface area contributed by atoms with E-state index in [0.29, 0.717) is 6.42 Å². The van der Waals surface area contributed by atoms with Gasteiger partial charge in [0.25, 0.3) is 0 Å². The van der Waals surface area contributed by atoms with Gasteiger partial charge in [0, 0.05) is 18.4 Å². The first-order chi connectivity index (χ1) is 11.0. The number of aryl methyl sites for hydroxylation is 2. The van der Waals surface area contributed by atoms with Crippen LogP contribution in [0.2, 0.25) is 0 Å². The number of hydrazine groups is 1. The van der Waals surface area contributed by atoms with Gasteiger partial charge in [-0.2, -0.15) is 4.72 Å². The van der Waals surface area contributed by atoms with Crippen molar-refractivity contribution in [1.82, 2.24) is 20.6 Å². The van der Waals surface area contributed by atoms with E-state index in [4.69, 9.17) is 0 Å². The number of aromatic nitrogens is 1. The molecule has 1 aliphatic rings. The largest absolute Gasteiger partial charge is 0.265 e. The molecule has 6 nitrogen and oxygen atoms in total. The number of rotatable bonds is 4. The van der Waals surface area contributed by atoms with E-state index in [-0.39, 0.29) is 17.1 Å². The molecule has 3 N–H and O–H groups in total. The molecule has 122 valence electrons. The maximum absolute atomic E-state index is 12.5. The molecule has 3 rings (SSSR count). The molecule has 2 atom stereocenters. The first kappa shape index (κ1) is 16.1. The van der Waals surface area contributed by atoms with Crippen molar-refractivity contribution in [1.29, 1.82) is 0 Å². The summed E-state index contributed by atoms with van der Waals surface area (Å²) in [5.41, 5.74) is 9.21. The van der Waals surface area contributed by atoms with Crippen LogP contribution in [0.1, 0.15) is 29.2 Å². The minimum absolute atomic E-state index is 0.0467. The third kappa shape index (κ3) is 3.59. The Balaban J connectivity index is 1.71. The average molecular weight is 332 g/mol. The second-order valence-corrected chi connectivity index (χ2v) is 7.49. The monoisotopic (exact) mass is 332 g/mol. The molecule has 2 aromatic rings. The second-order valence-electron chi connectivity index (χ2n) is 5.78. The highest BCUT2D eigenvalue weighted by Crippen LogP contribution is 2.22. The molecule has 0 amide bonds. The van der Waals surface area contributed by atoms with Crippen molar-refractivity contribution >= 4 is 10.0 Å². The van der Waals surface area contributed by atoms with Gasteiger partial charge in [-0.15, -0.1) is 0 Å². The second kappa shape index (κ2) is 6.37. The number of benzene rings is 1. The lowest BCUT2D eigenvalue weighted by atomic mass is 10.1. The summed E-state index contributed by atoms with van der Waals surface area (Å²) in [6, 6.07) is 9.03. The van der Waals surface area contributed by atoms with Crippen LogP contribution in [0.5, 0.6) is 0 Å². The Morgan fingerprint density at radius 1 is 1.09 bits per heavy atom. The van der Waals surface area contributed by atoms with Gasteiger partial charge in [-0.05, 0) is 61.2 Å². The number of hydrogen-bond acceptors (Lipinski definition) is 5. The molecular formula is C16H20N4O2S. The Labute approximate surface area is 136 Å². The molecular weight excluding hydrogens is 312 g/mol. The predicted octanol–water partition coefficient (Wildman–Crippen LogP) is 1.54. The van der Waals surface area contributed by atoms with E-state index in [0.717, 1.165) is 16.7 Å². The zero-order chi connectivity index (χ0) is 16.4. The summed E-state index contributed by atoms with van der Waals surface area (Å²) in [7, 11) is -3.55. The maximum atomic E-state index is 12.5. The van der Waals surface area contributed by atoms with Crippen molar-refractivity contribution in [3.05, 3.63) is 59.4 Å². The zero-order valence-corrected chi connectivity index (χ0v) is 13.9. The van der Waals surface area contributed by atoms with Gasteiger partial charge in [0.15, 0.2) is 0 Å². The summed E-state index contributed by atoms with van der Waals surface area (Å²) in [4.78, 5) is 4.28. The third-order valence-corrected chi connectivity index (χ3v) is 5.57. The number of sulfonamides is 1. The molecule has 0 radical (unpaired) electrons. The predicted molar refractivity (Wildman–Crippen MR) is 87.9 cm³/mol. The van der Waals surface area contributed by atoms with E-state index in [9.17, 15) is 8.42 Å². The highest BCUT2D eigenvalue weighted by atomic mass is 32.2. The van der Waals surface area contributed by atoms with Crippen LogP contribution in [0.3, 0.4) is 0 Å². The Kier molecular flexibility index (Phi) is 4.45. The van der Waals surface area contributed by atoms with Gasteiger partial charge in [0.2, 0.25) is 10.0 Å². The van der Waals surface area contributed by atoms with Crippen molar-refractivity contribution < 1.29 is 8.42 Å². The zero-order valence-electron chi connectivity index (χ0n) is 13.1. The lowest BCUT2D eigenvalue weighted by Crippen LogP contribution is -2.44. The van der Waals surface area contributed by atoms with Crippen molar-refractivity contribution in [3.63, 3.8) is 0 Å². The lowest BCUT2D eigenvalue weighted by molar-refractivity contribution is 0.505. The molecule has 2 heterocycles. The summed E-state index contributed by atoms with van der Waals surface area (Å²) in [6.07, 6.45) is 3.71. The van der Waals surface area contributed by atoms with Crippen LogP contribution in [0, 0.1) is 13.8 Å². The Bertz CT molecular complexity index is 793. The van der Waals surface area contributed by atoms with Crippen molar-refractivity contribution in [2.75, 3.05) is 0 Å². The van der Waals surface area contributed by atoms with Crippen LogP contribution in [0.4, 0.5) is 0 Å². The molecule has 1 fully saturated rings. The maximum Gasteiger partial charge on any atom is 0.241 e. The highest BCUT2D eigenvalue weighted by Gasteiger charge is 2.29. The first-order valence-corrected chi connectivity index (χ1v) is 8.94. The minimum atomic E-state index is -3.55. The van der Waals surface area contributed by atoms with E-state index in [1.165, 1.54) is 0 Å². The SMILES string of the molecule is Cc1ccc(S(=O)(=O)NC2CC(c3ccncc3)NN2)cc1C. The summed E-state index contributed by atoms with van der Waals surface area (Å²) < 4.78 is 27.7. The van der Waals surface area contributed by atoms with Crippen LogP contribution >= 0.6 is 0 Å². The number of nitrogens with one attached hydrogen (secondary N) is 3. The quantitative estimate of drug-likeness (QED) is 0.791. The number of hydrogen-bond donors (Lipinski definition) is 3. The van der Waals surface area contributed by atoms with Crippen LogP contribution in [0.15, 0.2) is 47.6 Å². The summed E-state index contributed by atoms with van der Waals surface area (Å²) >= 11 is 0. The Hall–Kier alpha value is -1.80. The van der Waals surface area contributed by atoms with Crippen molar-refractivity contribution in [2.45, 2.75) is 37.4 Å². The fourth-order valence-electron chi connectivity index (χ4n) is 2.58. The standard InChI is InChI=1S/C16H20N4O2S/c1-11-3-4-14(9-12(11)2)23(21,22)20-16-10-15(18-19-16)13-5-7-17-8-6-13/h3-9,15-16,18-20H,10H2,1-2H3. The van der Waals surface area contributed by atoms with Crippen LogP contribution < -0.4 is 15.6 Å². The van der Waals surface area contributed by atoms with Gasteiger partial charge < -0.3 is 0 Å². The fraction of sp³-hybridized carbons (Fsp3) is 0.312. The van der Waals surface area contributed by atoms with E-state index >= 15 is 0 Å². The van der Waals surface area contributed by atoms with Gasteiger partial charge in [0.1, 0.15) is 0 Å². The van der Waals surface area contributed by atoms with Crippen molar-refractivity contribution in [3.8, 4) is 0 Å². The Morgan fingerprint density at radius 3 is 2.52 bits per heavy atom. The highest BCUT2D eigenvalue weighted by molar-refractivity contribution is 7.89. The van der Waals surface area contributed by atoms with E-state index in [1.54, 1.807) is 24.5 Å². The normalized spacial score (nSPS) is 21.5. The van der Waals surface area contributed by atoms with Gasteiger partial charge in [-0.1, -0.05) is 6.07 Å². The Morgan fingerprint density at radius 2 is 1.83 bits per heavy atom. The molecule has 23 heavy (non-hydrogen) atoms. The van der Waals surface area contributed by atoms with Gasteiger partial charge in [-0.3, -0.25) is 4.98 Å². The smallest absolute Gasteiger partial charge is 0.241 e. The van der Waals surface area contributed by atoms with Gasteiger partial charge in [0.05, 0.1) is 11.1 Å². The molecule has 2 unspecified atom stereocenters. The molecule has 1 aromatic heterocycles. The van der Waals surface area contributed by atoms with Crippen LogP contribution in [0.25, 0.3) is 0 Å². The topological polar surface area (TPSA) is 83.1 Å². The fourth-order valence-corrected chi connectivity index (χ4v) is 3.83. The first-order valence-electron chi connectivity index (χ1n) is 7.46. The molecule has 1 saturated heterocycles. The average Bonchev–Trinajstić information content (AvgIpc) is 2.98. The molecule has 1 aromatic carbocycles. The van der Waals surface area contributed by atoms with E-state index < -0.39 is 10.0 Å². The lowest BCUT2D eigenvalue weighted by Gasteiger charge is -2.13. The van der Waals surface area contributed by atoms with Crippen LogP contribution in [-0.4, -0.2) is 19.6 Å². The van der Waals surface area contributed by atoms with Gasteiger partial charge in [-0.25, -0.2) is 19.3 Å². The summed E-state index contributed by atoms with van der Waals surface area (Å²) in [5, 5.41) is 0. The van der Waals surface area contributed by atoms with E-state index in [2.05, 4.69) is 20.6 Å². The van der Waals surface area contributed by atoms with Gasteiger partial charge >= 0.3 is 0 Å². The van der Waals surface area contributed by atoms with E-state index in [1.807, 2.05) is 32.0 Å². The van der Waals surface area contributed by atoms with Crippen molar-refractivity contribution in [2.24, 2.45) is 0 Å². The number of pyridine rings is 1. The summed E-state index contributed by atoms with van der Waals surface area (Å²) in [6.45, 7) is 3.87. The summed E-state index contributed by atoms with van der Waals surface area (Å²) in [5.74, 6) is 0. The third-order valence-electron chi connectivity index (χ3n) is 4.10. The molecule has 1 aliphatic heterocycles. The molecule has 0 aliphatic carbocycles. The molecule has 0 bridgehead atoms.